The van der Waals surface area contributed by atoms with E-state index in [-0.39, 0.29) is 25.0 Å². The smallest absolute Gasteiger partial charge is 0.240 e. The molecule has 0 saturated carbocycles. The monoisotopic (exact) mass is 306 g/mol. The Morgan fingerprint density at radius 2 is 1.79 bits per heavy atom. The first kappa shape index (κ1) is 18.4. The Bertz CT molecular complexity index is 503. The quantitative estimate of drug-likeness (QED) is 0.842. The zero-order chi connectivity index (χ0) is 13.8. The molecule has 110 valence electrons. The number of nitrogens with one attached hydrogen (secondary N) is 1. The number of benzene rings is 1. The first-order valence-electron chi connectivity index (χ1n) is 6.28. The zero-order valence-electron chi connectivity index (χ0n) is 11.6. The van der Waals surface area contributed by atoms with Gasteiger partial charge in [0.05, 0.1) is 4.90 Å². The predicted octanol–water partition coefficient (Wildman–Crippen LogP) is 1.86. The maximum atomic E-state index is 12.1. The first-order valence-corrected chi connectivity index (χ1v) is 7.77. The number of aryl methyl sites for hydroxylation is 2. The summed E-state index contributed by atoms with van der Waals surface area (Å²) in [4.78, 5) is 0.317. The average Bonchev–Trinajstić information content (AvgIpc) is 2.37. The van der Waals surface area contributed by atoms with Crippen molar-refractivity contribution in [3.63, 3.8) is 0 Å². The van der Waals surface area contributed by atoms with Gasteiger partial charge in [0, 0.05) is 12.6 Å². The van der Waals surface area contributed by atoms with E-state index in [1.54, 1.807) is 19.1 Å². The molecule has 19 heavy (non-hydrogen) atoms. The van der Waals surface area contributed by atoms with E-state index in [0.29, 0.717) is 4.90 Å². The van der Waals surface area contributed by atoms with Crippen molar-refractivity contribution >= 4 is 22.4 Å². The molecule has 6 heteroatoms. The van der Waals surface area contributed by atoms with Crippen LogP contribution in [0.25, 0.3) is 0 Å². The van der Waals surface area contributed by atoms with Gasteiger partial charge in [-0.05, 0) is 43.0 Å². The van der Waals surface area contributed by atoms with E-state index in [1.807, 2.05) is 13.0 Å². The third-order valence-electron chi connectivity index (χ3n) is 2.96. The van der Waals surface area contributed by atoms with Crippen molar-refractivity contribution in [2.45, 2.75) is 44.6 Å². The Morgan fingerprint density at radius 1 is 1.21 bits per heavy atom. The lowest BCUT2D eigenvalue weighted by Crippen LogP contribution is -2.37. The fraction of sp³-hybridized carbons (Fsp3) is 0.538. The molecule has 1 rings (SSSR count). The van der Waals surface area contributed by atoms with Crippen molar-refractivity contribution in [1.29, 1.82) is 0 Å². The molecule has 1 aromatic carbocycles. The molecule has 0 aromatic heterocycles. The lowest BCUT2D eigenvalue weighted by Gasteiger charge is -2.14. The summed E-state index contributed by atoms with van der Waals surface area (Å²) in [6.45, 7) is 6.13. The molecule has 0 bridgehead atoms. The molecular formula is C13H23ClN2O2S. The third kappa shape index (κ3) is 4.76. The molecule has 3 N–H and O–H groups in total. The van der Waals surface area contributed by atoms with Crippen LogP contribution >= 0.6 is 12.4 Å². The van der Waals surface area contributed by atoms with Crippen LogP contribution in [0.4, 0.5) is 0 Å². The van der Waals surface area contributed by atoms with E-state index < -0.39 is 10.0 Å². The molecule has 0 aliphatic heterocycles. The third-order valence-corrected chi connectivity index (χ3v) is 4.55. The number of rotatable bonds is 6. The lowest BCUT2D eigenvalue weighted by molar-refractivity contribution is 0.562. The van der Waals surface area contributed by atoms with Gasteiger partial charge in [0.2, 0.25) is 10.0 Å². The van der Waals surface area contributed by atoms with Gasteiger partial charge in [-0.3, -0.25) is 0 Å². The summed E-state index contributed by atoms with van der Waals surface area (Å²) in [5, 5.41) is 0. The Kier molecular flexibility index (Phi) is 7.59. The number of hydrogen-bond donors (Lipinski definition) is 2. The van der Waals surface area contributed by atoms with Crippen LogP contribution in [0.3, 0.4) is 0 Å². The average molecular weight is 307 g/mol. The van der Waals surface area contributed by atoms with Gasteiger partial charge in [-0.1, -0.05) is 19.9 Å². The number of hydrogen-bond acceptors (Lipinski definition) is 3. The van der Waals surface area contributed by atoms with Crippen LogP contribution in [-0.4, -0.2) is 21.0 Å². The summed E-state index contributed by atoms with van der Waals surface area (Å²) in [5.41, 5.74) is 7.71. The molecule has 0 saturated heterocycles. The van der Waals surface area contributed by atoms with E-state index >= 15 is 0 Å². The molecule has 0 unspecified atom stereocenters. The minimum Gasteiger partial charge on any atom is -0.329 e. The number of halogens is 1. The second-order valence-electron chi connectivity index (χ2n) is 4.40. The minimum atomic E-state index is -3.46. The van der Waals surface area contributed by atoms with Gasteiger partial charge < -0.3 is 5.73 Å². The van der Waals surface area contributed by atoms with Gasteiger partial charge in [0.25, 0.3) is 0 Å². The highest BCUT2D eigenvalue weighted by molar-refractivity contribution is 7.89. The van der Waals surface area contributed by atoms with Gasteiger partial charge in [0.1, 0.15) is 0 Å². The molecule has 0 aliphatic carbocycles. The molecule has 0 heterocycles. The molecule has 4 nitrogen and oxygen atoms in total. The zero-order valence-corrected chi connectivity index (χ0v) is 13.3. The van der Waals surface area contributed by atoms with Crippen LogP contribution in [-0.2, 0) is 22.9 Å². The van der Waals surface area contributed by atoms with Crippen molar-refractivity contribution in [2.75, 3.05) is 6.54 Å². The highest BCUT2D eigenvalue weighted by Crippen LogP contribution is 2.17. The molecule has 1 atom stereocenters. The summed E-state index contributed by atoms with van der Waals surface area (Å²) < 4.78 is 26.8. The van der Waals surface area contributed by atoms with Crippen molar-refractivity contribution in [3.05, 3.63) is 29.3 Å². The van der Waals surface area contributed by atoms with Crippen LogP contribution in [0.2, 0.25) is 0 Å². The molecule has 0 amide bonds. The molecule has 1 aromatic rings. The normalized spacial score (nSPS) is 12.8. The Balaban J connectivity index is 0.00000324. The maximum absolute atomic E-state index is 12.1. The van der Waals surface area contributed by atoms with E-state index in [4.69, 9.17) is 5.73 Å². The summed E-state index contributed by atoms with van der Waals surface area (Å²) in [6.07, 6.45) is 1.75. The minimum absolute atomic E-state index is 0. The van der Waals surface area contributed by atoms with Crippen LogP contribution in [0.5, 0.6) is 0 Å². The molecule has 0 fully saturated rings. The first-order chi connectivity index (χ1) is 8.44. The summed E-state index contributed by atoms with van der Waals surface area (Å²) >= 11 is 0. The van der Waals surface area contributed by atoms with Crippen LogP contribution in [0.1, 0.15) is 31.9 Å². The molecule has 0 aliphatic rings. The maximum Gasteiger partial charge on any atom is 0.240 e. The van der Waals surface area contributed by atoms with Gasteiger partial charge in [0.15, 0.2) is 0 Å². The summed E-state index contributed by atoms with van der Waals surface area (Å²) in [5.74, 6) is 0. The second kappa shape index (κ2) is 7.85. The van der Waals surface area contributed by atoms with Crippen molar-refractivity contribution < 1.29 is 8.42 Å². The van der Waals surface area contributed by atoms with E-state index in [9.17, 15) is 8.42 Å². The van der Waals surface area contributed by atoms with E-state index in [0.717, 1.165) is 18.4 Å². The van der Waals surface area contributed by atoms with Gasteiger partial charge >= 0.3 is 0 Å². The van der Waals surface area contributed by atoms with Crippen LogP contribution < -0.4 is 10.5 Å². The highest BCUT2D eigenvalue weighted by Gasteiger charge is 2.17. The van der Waals surface area contributed by atoms with Gasteiger partial charge in [-0.25, -0.2) is 13.1 Å². The Morgan fingerprint density at radius 3 is 2.26 bits per heavy atom. The largest absolute Gasteiger partial charge is 0.329 e. The summed E-state index contributed by atoms with van der Waals surface area (Å²) in [6, 6.07) is 5.04. The van der Waals surface area contributed by atoms with E-state index in [2.05, 4.69) is 11.6 Å². The summed E-state index contributed by atoms with van der Waals surface area (Å²) in [7, 11) is -3.46. The highest BCUT2D eigenvalue weighted by atomic mass is 35.5. The Hall–Kier alpha value is -0.620. The molecule has 0 radical (unpaired) electrons. The predicted molar refractivity (Wildman–Crippen MR) is 81.3 cm³/mol. The van der Waals surface area contributed by atoms with Crippen molar-refractivity contribution in [1.82, 2.24) is 4.72 Å². The standard InChI is InChI=1S/C13H22N2O2S.ClH/c1-4-11-6-7-13(8-12(11)5-2)18(16,17)15-10(3)9-14;/h6-8,10,15H,4-5,9,14H2,1-3H3;1H/t10-;/m0./s1. The van der Waals surface area contributed by atoms with Crippen LogP contribution in [0.15, 0.2) is 23.1 Å². The fourth-order valence-electron chi connectivity index (χ4n) is 1.82. The number of sulfonamides is 1. The molecular weight excluding hydrogens is 284 g/mol. The van der Waals surface area contributed by atoms with E-state index in [1.165, 1.54) is 5.56 Å². The van der Waals surface area contributed by atoms with Gasteiger partial charge in [-0.15, -0.1) is 12.4 Å². The second-order valence-corrected chi connectivity index (χ2v) is 6.11. The fourth-order valence-corrected chi connectivity index (χ4v) is 3.13. The van der Waals surface area contributed by atoms with Gasteiger partial charge in [-0.2, -0.15) is 0 Å². The van der Waals surface area contributed by atoms with Crippen molar-refractivity contribution in [3.8, 4) is 0 Å². The topological polar surface area (TPSA) is 72.2 Å². The van der Waals surface area contributed by atoms with Crippen LogP contribution in [0, 0.1) is 0 Å². The van der Waals surface area contributed by atoms with Crippen molar-refractivity contribution in [2.24, 2.45) is 5.73 Å². The Labute approximate surface area is 122 Å². The number of nitrogens with two attached hydrogens (primary N) is 1. The molecule has 0 spiro atoms. The lowest BCUT2D eigenvalue weighted by atomic mass is 10.0. The SMILES string of the molecule is CCc1ccc(S(=O)(=O)N[C@@H](C)CN)cc1CC.Cl.